The molecule has 4 rings (SSSR count). The van der Waals surface area contributed by atoms with Crippen molar-refractivity contribution < 1.29 is 14.4 Å². The van der Waals surface area contributed by atoms with Crippen molar-refractivity contribution in [1.29, 1.82) is 0 Å². The van der Waals surface area contributed by atoms with Gasteiger partial charge in [0.2, 0.25) is 5.91 Å². The predicted octanol–water partition coefficient (Wildman–Crippen LogP) is 5.34. The molecule has 0 radical (unpaired) electrons. The molecule has 0 unspecified atom stereocenters. The predicted molar refractivity (Wildman–Crippen MR) is 124 cm³/mol. The average molecular weight is 429 g/mol. The first-order valence-electron chi connectivity index (χ1n) is 9.77. The number of thioether (sulfide) groups is 1. The Morgan fingerprint density at radius 2 is 1.65 bits per heavy atom. The quantitative estimate of drug-likeness (QED) is 0.557. The fourth-order valence-electron chi connectivity index (χ4n) is 3.26. The van der Waals surface area contributed by atoms with Gasteiger partial charge in [0.05, 0.1) is 4.91 Å². The summed E-state index contributed by atoms with van der Waals surface area (Å²) < 4.78 is 0. The lowest BCUT2D eigenvalue weighted by molar-refractivity contribution is -0.127. The van der Waals surface area contributed by atoms with Crippen molar-refractivity contribution >= 4 is 40.6 Å². The van der Waals surface area contributed by atoms with E-state index >= 15 is 0 Å². The number of hydrogen-bond donors (Lipinski definition) is 1. The molecule has 0 aromatic heterocycles. The summed E-state index contributed by atoms with van der Waals surface area (Å²) in [5, 5.41) is 2.28. The Labute approximate surface area is 184 Å². The summed E-state index contributed by atoms with van der Waals surface area (Å²) in [5.74, 6) is -0.872. The molecule has 0 spiro atoms. The number of hydrogen-bond acceptors (Lipinski definition) is 4. The molecule has 0 aliphatic carbocycles. The minimum absolute atomic E-state index is 0.306. The van der Waals surface area contributed by atoms with Gasteiger partial charge >= 0.3 is 0 Å². The van der Waals surface area contributed by atoms with Gasteiger partial charge in [0.25, 0.3) is 11.1 Å². The highest BCUT2D eigenvalue weighted by molar-refractivity contribution is 8.18. The smallest absolute Gasteiger partial charge is 0.294 e. The number of nitrogens with zero attached hydrogens (tertiary/aromatic N) is 1. The molecule has 1 aliphatic heterocycles. The van der Waals surface area contributed by atoms with E-state index in [4.69, 9.17) is 0 Å². The molecule has 1 saturated heterocycles. The molecule has 0 atom stereocenters. The number of aryl methyl sites for hydroxylation is 1. The number of amides is 3. The molecular weight excluding hydrogens is 408 g/mol. The molecular formula is C25H20N2O3S. The average Bonchev–Trinajstić information content (AvgIpc) is 3.02. The Balaban J connectivity index is 1.44. The van der Waals surface area contributed by atoms with Crippen LogP contribution in [0.1, 0.15) is 11.1 Å². The molecule has 3 amide bonds. The van der Waals surface area contributed by atoms with Crippen molar-refractivity contribution in [2.75, 3.05) is 11.9 Å². The Hall–Kier alpha value is -3.64. The molecule has 1 heterocycles. The molecule has 1 N–H and O–H groups in total. The normalized spacial score (nSPS) is 14.9. The van der Waals surface area contributed by atoms with Crippen LogP contribution < -0.4 is 5.32 Å². The zero-order valence-electron chi connectivity index (χ0n) is 16.9. The van der Waals surface area contributed by atoms with Crippen molar-refractivity contribution in [3.05, 3.63) is 94.9 Å². The number of benzene rings is 3. The van der Waals surface area contributed by atoms with Crippen LogP contribution in [0.2, 0.25) is 0 Å². The number of carbonyl (C=O) groups excluding carboxylic acids is 3. The monoisotopic (exact) mass is 428 g/mol. The maximum atomic E-state index is 12.7. The van der Waals surface area contributed by atoms with Crippen LogP contribution in [0, 0.1) is 6.92 Å². The van der Waals surface area contributed by atoms with Crippen LogP contribution in [0.3, 0.4) is 0 Å². The summed E-state index contributed by atoms with van der Waals surface area (Å²) in [6, 6.07) is 25.1. The van der Waals surface area contributed by atoms with Crippen molar-refractivity contribution in [3.8, 4) is 11.1 Å². The molecule has 0 bridgehead atoms. The number of imide groups is 1. The molecule has 6 heteroatoms. The van der Waals surface area contributed by atoms with Crippen LogP contribution in [-0.4, -0.2) is 28.5 Å². The second-order valence-corrected chi connectivity index (χ2v) is 8.17. The lowest BCUT2D eigenvalue weighted by Crippen LogP contribution is -2.36. The maximum Gasteiger partial charge on any atom is 0.294 e. The van der Waals surface area contributed by atoms with Gasteiger partial charge in [-0.25, -0.2) is 0 Å². The third-order valence-electron chi connectivity index (χ3n) is 4.79. The largest absolute Gasteiger partial charge is 0.325 e. The van der Waals surface area contributed by atoms with Crippen LogP contribution >= 0.6 is 11.8 Å². The lowest BCUT2D eigenvalue weighted by Gasteiger charge is -2.12. The summed E-state index contributed by atoms with van der Waals surface area (Å²) in [6.07, 6.45) is 1.68. The van der Waals surface area contributed by atoms with Gasteiger partial charge < -0.3 is 5.32 Å². The van der Waals surface area contributed by atoms with Gasteiger partial charge in [0.1, 0.15) is 6.54 Å². The van der Waals surface area contributed by atoms with E-state index in [1.54, 1.807) is 12.1 Å². The summed E-state index contributed by atoms with van der Waals surface area (Å²) in [5.41, 5.74) is 4.62. The SMILES string of the molecule is Cc1cccc(NC(=O)CN2C(=O)SC(=Cc3ccc(-c4ccccc4)cc3)C2=O)c1. The second-order valence-electron chi connectivity index (χ2n) is 7.17. The van der Waals surface area contributed by atoms with E-state index in [-0.39, 0.29) is 6.54 Å². The maximum absolute atomic E-state index is 12.7. The van der Waals surface area contributed by atoms with Crippen LogP contribution in [-0.2, 0) is 9.59 Å². The van der Waals surface area contributed by atoms with Gasteiger partial charge in [-0.2, -0.15) is 0 Å². The van der Waals surface area contributed by atoms with E-state index < -0.39 is 17.1 Å². The number of anilines is 1. The molecule has 31 heavy (non-hydrogen) atoms. The second kappa shape index (κ2) is 9.02. The Kier molecular flexibility index (Phi) is 6.00. The first kappa shape index (κ1) is 20.6. The summed E-state index contributed by atoms with van der Waals surface area (Å²) in [6.45, 7) is 1.60. The topological polar surface area (TPSA) is 66.5 Å². The third-order valence-corrected chi connectivity index (χ3v) is 5.70. The van der Waals surface area contributed by atoms with E-state index in [2.05, 4.69) is 5.32 Å². The number of rotatable bonds is 5. The third kappa shape index (κ3) is 4.92. The van der Waals surface area contributed by atoms with Crippen LogP contribution in [0.15, 0.2) is 83.8 Å². The van der Waals surface area contributed by atoms with Gasteiger partial charge in [0, 0.05) is 5.69 Å². The number of carbonyl (C=O) groups is 3. The molecule has 0 saturated carbocycles. The Morgan fingerprint density at radius 1 is 0.935 bits per heavy atom. The molecule has 3 aromatic carbocycles. The minimum atomic E-state index is -0.457. The van der Waals surface area contributed by atoms with E-state index in [0.717, 1.165) is 38.9 Å². The molecule has 154 valence electrons. The Morgan fingerprint density at radius 3 is 2.35 bits per heavy atom. The van der Waals surface area contributed by atoms with Gasteiger partial charge in [-0.05, 0) is 59.1 Å². The van der Waals surface area contributed by atoms with E-state index in [9.17, 15) is 14.4 Å². The first-order valence-corrected chi connectivity index (χ1v) is 10.6. The Bertz CT molecular complexity index is 1170. The highest BCUT2D eigenvalue weighted by Gasteiger charge is 2.36. The zero-order chi connectivity index (χ0) is 21.8. The van der Waals surface area contributed by atoms with E-state index in [1.165, 1.54) is 0 Å². The lowest BCUT2D eigenvalue weighted by atomic mass is 10.0. The molecule has 1 fully saturated rings. The molecule has 3 aromatic rings. The molecule has 1 aliphatic rings. The zero-order valence-corrected chi connectivity index (χ0v) is 17.7. The van der Waals surface area contributed by atoms with E-state index in [0.29, 0.717) is 10.6 Å². The fourth-order valence-corrected chi connectivity index (χ4v) is 4.10. The summed E-state index contributed by atoms with van der Waals surface area (Å²) >= 11 is 0.846. The van der Waals surface area contributed by atoms with E-state index in [1.807, 2.05) is 79.7 Å². The van der Waals surface area contributed by atoms with Crippen LogP contribution in [0.5, 0.6) is 0 Å². The first-order chi connectivity index (χ1) is 15.0. The minimum Gasteiger partial charge on any atom is -0.325 e. The van der Waals surface area contributed by atoms with Crippen molar-refractivity contribution in [1.82, 2.24) is 4.90 Å². The van der Waals surface area contributed by atoms with Crippen molar-refractivity contribution in [3.63, 3.8) is 0 Å². The van der Waals surface area contributed by atoms with Crippen molar-refractivity contribution in [2.45, 2.75) is 6.92 Å². The van der Waals surface area contributed by atoms with Gasteiger partial charge in [-0.15, -0.1) is 0 Å². The van der Waals surface area contributed by atoms with Gasteiger partial charge in [-0.1, -0.05) is 66.7 Å². The highest BCUT2D eigenvalue weighted by atomic mass is 32.2. The summed E-state index contributed by atoms with van der Waals surface area (Å²) in [4.78, 5) is 38.6. The standard InChI is InChI=1S/C25H20N2O3S/c1-17-6-5-9-21(14-17)26-23(28)16-27-24(29)22(31-25(27)30)15-18-10-12-20(13-11-18)19-7-3-2-4-8-19/h2-15H,16H2,1H3,(H,26,28). The van der Waals surface area contributed by atoms with Crippen molar-refractivity contribution in [2.24, 2.45) is 0 Å². The molecule has 5 nitrogen and oxygen atoms in total. The van der Waals surface area contributed by atoms with Gasteiger partial charge in [-0.3, -0.25) is 19.3 Å². The van der Waals surface area contributed by atoms with Crippen LogP contribution in [0.25, 0.3) is 17.2 Å². The fraction of sp³-hybridized carbons (Fsp3) is 0.0800. The summed E-state index contributed by atoms with van der Waals surface area (Å²) in [7, 11) is 0. The number of nitrogens with one attached hydrogen (secondary N) is 1. The van der Waals surface area contributed by atoms with Gasteiger partial charge in [0.15, 0.2) is 0 Å². The van der Waals surface area contributed by atoms with Crippen LogP contribution in [0.4, 0.5) is 10.5 Å². The highest BCUT2D eigenvalue weighted by Crippen LogP contribution is 2.32.